The van der Waals surface area contributed by atoms with Gasteiger partial charge >= 0.3 is 11.9 Å². The van der Waals surface area contributed by atoms with Crippen LogP contribution >= 0.6 is 0 Å². The first-order valence-corrected chi connectivity index (χ1v) is 9.95. The molecular weight excluding hydrogens is 316 g/mol. The van der Waals surface area contributed by atoms with Crippen molar-refractivity contribution < 1.29 is 19.1 Å². The largest absolute Gasteiger partial charge is 0.469 e. The SMILES string of the molecule is CCC(C)C(=O)OC.CCC(C)C(=O)OC1CC(C)CCC1C(C)C. The summed E-state index contributed by atoms with van der Waals surface area (Å²) in [5, 5.41) is 0. The Kier molecular flexibility index (Phi) is 11.8. The molecule has 4 heteroatoms. The molecule has 0 aromatic carbocycles. The maximum absolute atomic E-state index is 11.9. The average molecular weight is 357 g/mol. The summed E-state index contributed by atoms with van der Waals surface area (Å²) in [5.41, 5.74) is 0. The number of esters is 2. The molecule has 1 saturated carbocycles. The highest BCUT2D eigenvalue weighted by molar-refractivity contribution is 5.72. The topological polar surface area (TPSA) is 52.6 Å². The Morgan fingerprint density at radius 2 is 1.48 bits per heavy atom. The molecule has 0 amide bonds. The van der Waals surface area contributed by atoms with Gasteiger partial charge in [-0.1, -0.05) is 54.9 Å². The van der Waals surface area contributed by atoms with Gasteiger partial charge in [-0.15, -0.1) is 0 Å². The summed E-state index contributed by atoms with van der Waals surface area (Å²) < 4.78 is 10.2. The molecule has 5 unspecified atom stereocenters. The van der Waals surface area contributed by atoms with Crippen molar-refractivity contribution in [3.63, 3.8) is 0 Å². The van der Waals surface area contributed by atoms with Crippen LogP contribution in [0.5, 0.6) is 0 Å². The van der Waals surface area contributed by atoms with Crippen LogP contribution in [0.15, 0.2) is 0 Å². The van der Waals surface area contributed by atoms with Gasteiger partial charge in [0.2, 0.25) is 0 Å². The van der Waals surface area contributed by atoms with E-state index >= 15 is 0 Å². The van der Waals surface area contributed by atoms with E-state index in [-0.39, 0.29) is 29.9 Å². The molecule has 0 heterocycles. The van der Waals surface area contributed by atoms with Gasteiger partial charge in [-0.25, -0.2) is 0 Å². The number of carbonyl (C=O) groups is 2. The van der Waals surface area contributed by atoms with Crippen LogP contribution in [0.1, 0.15) is 80.6 Å². The van der Waals surface area contributed by atoms with Crippen LogP contribution in [0.2, 0.25) is 0 Å². The van der Waals surface area contributed by atoms with Crippen molar-refractivity contribution in [2.45, 2.75) is 86.7 Å². The lowest BCUT2D eigenvalue weighted by Crippen LogP contribution is -2.37. The Morgan fingerprint density at radius 3 is 1.88 bits per heavy atom. The minimum absolute atomic E-state index is 0.00255. The van der Waals surface area contributed by atoms with Crippen molar-refractivity contribution in [1.82, 2.24) is 0 Å². The molecule has 0 saturated heterocycles. The molecule has 1 fully saturated rings. The molecular formula is C21H40O4. The number of rotatable bonds is 6. The molecule has 0 bridgehead atoms. The molecule has 0 aromatic heterocycles. The number of carbonyl (C=O) groups excluding carboxylic acids is 2. The summed E-state index contributed by atoms with van der Waals surface area (Å²) in [5.74, 6) is 1.83. The van der Waals surface area contributed by atoms with Gasteiger partial charge in [0, 0.05) is 0 Å². The van der Waals surface area contributed by atoms with Crippen LogP contribution in [-0.4, -0.2) is 25.2 Å². The summed E-state index contributed by atoms with van der Waals surface area (Å²) in [7, 11) is 1.41. The highest BCUT2D eigenvalue weighted by Crippen LogP contribution is 2.35. The first kappa shape index (κ1) is 23.9. The van der Waals surface area contributed by atoms with Crippen molar-refractivity contribution in [2.75, 3.05) is 7.11 Å². The molecule has 0 aromatic rings. The summed E-state index contributed by atoms with van der Waals surface area (Å²) in [6, 6.07) is 0. The molecule has 0 N–H and O–H groups in total. The lowest BCUT2D eigenvalue weighted by Gasteiger charge is -2.37. The maximum Gasteiger partial charge on any atom is 0.308 e. The molecule has 0 radical (unpaired) electrons. The molecule has 148 valence electrons. The maximum atomic E-state index is 11.9. The second-order valence-corrected chi connectivity index (χ2v) is 7.94. The normalized spacial score (nSPS) is 25.4. The van der Waals surface area contributed by atoms with Gasteiger partial charge in [-0.05, 0) is 43.4 Å². The van der Waals surface area contributed by atoms with E-state index in [2.05, 4.69) is 25.5 Å². The minimum atomic E-state index is -0.118. The second kappa shape index (κ2) is 12.3. The molecule has 1 rings (SSSR count). The van der Waals surface area contributed by atoms with Crippen LogP contribution < -0.4 is 0 Å². The van der Waals surface area contributed by atoms with Crippen LogP contribution in [0.3, 0.4) is 0 Å². The fourth-order valence-corrected chi connectivity index (χ4v) is 3.05. The zero-order valence-corrected chi connectivity index (χ0v) is 17.6. The summed E-state index contributed by atoms with van der Waals surface area (Å²) in [6.45, 7) is 14.6. The first-order chi connectivity index (χ1) is 11.7. The lowest BCUT2D eigenvalue weighted by molar-refractivity contribution is -0.160. The Hall–Kier alpha value is -1.06. The highest BCUT2D eigenvalue weighted by atomic mass is 16.5. The van der Waals surface area contributed by atoms with Crippen molar-refractivity contribution in [2.24, 2.45) is 29.6 Å². The Bertz CT molecular complexity index is 391. The Labute approximate surface area is 155 Å². The standard InChI is InChI=1S/C15H28O2.C6H12O2/c1-6-12(5)15(16)17-14-9-11(4)7-8-13(14)10(2)3;1-4-5(2)6(7)8-3/h10-14H,6-9H2,1-5H3;5H,4H2,1-3H3. The molecule has 5 atom stereocenters. The fraction of sp³-hybridized carbons (Fsp3) is 0.905. The van der Waals surface area contributed by atoms with E-state index in [9.17, 15) is 9.59 Å². The van der Waals surface area contributed by atoms with Gasteiger partial charge < -0.3 is 9.47 Å². The van der Waals surface area contributed by atoms with E-state index in [0.29, 0.717) is 17.8 Å². The van der Waals surface area contributed by atoms with Crippen LogP contribution in [0.4, 0.5) is 0 Å². The van der Waals surface area contributed by atoms with E-state index in [1.54, 1.807) is 0 Å². The third-order valence-electron chi connectivity index (χ3n) is 5.46. The summed E-state index contributed by atoms with van der Waals surface area (Å²) >= 11 is 0. The van der Waals surface area contributed by atoms with Crippen molar-refractivity contribution >= 4 is 11.9 Å². The van der Waals surface area contributed by atoms with Gasteiger partial charge in [0.15, 0.2) is 0 Å². The van der Waals surface area contributed by atoms with E-state index in [0.717, 1.165) is 19.3 Å². The minimum Gasteiger partial charge on any atom is -0.469 e. The predicted octanol–water partition coefficient (Wildman–Crippen LogP) is 5.24. The van der Waals surface area contributed by atoms with Gasteiger partial charge in [0.25, 0.3) is 0 Å². The quantitative estimate of drug-likeness (QED) is 0.611. The molecule has 1 aliphatic carbocycles. The van der Waals surface area contributed by atoms with E-state index in [1.807, 2.05) is 27.7 Å². The lowest BCUT2D eigenvalue weighted by atomic mass is 9.75. The Balaban J connectivity index is 0.000000609. The van der Waals surface area contributed by atoms with Gasteiger partial charge in [-0.2, -0.15) is 0 Å². The first-order valence-electron chi connectivity index (χ1n) is 9.95. The third kappa shape index (κ3) is 8.73. The zero-order valence-electron chi connectivity index (χ0n) is 17.6. The van der Waals surface area contributed by atoms with Crippen molar-refractivity contribution in [3.05, 3.63) is 0 Å². The monoisotopic (exact) mass is 356 g/mol. The fourth-order valence-electron chi connectivity index (χ4n) is 3.05. The zero-order chi connectivity index (χ0) is 19.6. The summed E-state index contributed by atoms with van der Waals surface area (Å²) in [4.78, 5) is 22.4. The number of hydrogen-bond acceptors (Lipinski definition) is 4. The predicted molar refractivity (Wildman–Crippen MR) is 102 cm³/mol. The molecule has 0 aliphatic heterocycles. The number of ether oxygens (including phenoxy) is 2. The highest BCUT2D eigenvalue weighted by Gasteiger charge is 2.33. The average Bonchev–Trinajstić information content (AvgIpc) is 2.59. The van der Waals surface area contributed by atoms with E-state index < -0.39 is 0 Å². The second-order valence-electron chi connectivity index (χ2n) is 7.94. The van der Waals surface area contributed by atoms with Crippen molar-refractivity contribution in [1.29, 1.82) is 0 Å². The smallest absolute Gasteiger partial charge is 0.308 e. The van der Waals surface area contributed by atoms with Crippen LogP contribution in [-0.2, 0) is 19.1 Å². The van der Waals surface area contributed by atoms with Crippen LogP contribution in [0, 0.1) is 29.6 Å². The Morgan fingerprint density at radius 1 is 0.960 bits per heavy atom. The molecule has 25 heavy (non-hydrogen) atoms. The number of methoxy groups -OCH3 is 1. The van der Waals surface area contributed by atoms with Crippen molar-refractivity contribution in [3.8, 4) is 0 Å². The van der Waals surface area contributed by atoms with Gasteiger partial charge in [-0.3, -0.25) is 9.59 Å². The number of hydrogen-bond donors (Lipinski definition) is 0. The molecule has 4 nitrogen and oxygen atoms in total. The van der Waals surface area contributed by atoms with Gasteiger partial charge in [0.05, 0.1) is 18.9 Å². The van der Waals surface area contributed by atoms with E-state index in [4.69, 9.17) is 4.74 Å². The van der Waals surface area contributed by atoms with Gasteiger partial charge in [0.1, 0.15) is 6.10 Å². The van der Waals surface area contributed by atoms with E-state index in [1.165, 1.54) is 20.0 Å². The summed E-state index contributed by atoms with van der Waals surface area (Å²) in [6.07, 6.45) is 5.41. The third-order valence-corrected chi connectivity index (χ3v) is 5.46. The molecule has 0 spiro atoms. The van der Waals surface area contributed by atoms with Crippen LogP contribution in [0.25, 0.3) is 0 Å². The molecule has 1 aliphatic rings.